The monoisotopic (exact) mass is 468 g/mol. The molecule has 0 fully saturated rings. The SMILES string of the molecule is CCC(C)(C)c1cccc(O)c1C(C)(C)CC.CCC(C)(C)c1cccc(O)c1C(C)(C)CC. The number of phenolic OH excluding ortho intramolecular Hbond substituents is 2. The van der Waals surface area contributed by atoms with Gasteiger partial charge in [0.15, 0.2) is 0 Å². The Morgan fingerprint density at radius 3 is 0.971 bits per heavy atom. The van der Waals surface area contributed by atoms with Gasteiger partial charge in [0.05, 0.1) is 0 Å². The molecular weight excluding hydrogens is 416 g/mol. The van der Waals surface area contributed by atoms with Gasteiger partial charge in [0.1, 0.15) is 11.5 Å². The van der Waals surface area contributed by atoms with E-state index in [1.54, 1.807) is 0 Å². The fraction of sp³-hybridized carbons (Fsp3) is 0.625. The molecule has 0 saturated carbocycles. The minimum absolute atomic E-state index is 0.0209. The predicted octanol–water partition coefficient (Wildman–Crippen LogP) is 9.53. The van der Waals surface area contributed by atoms with Crippen molar-refractivity contribution in [3.8, 4) is 11.5 Å². The number of benzene rings is 2. The lowest BCUT2D eigenvalue weighted by Gasteiger charge is -2.34. The molecule has 2 nitrogen and oxygen atoms in total. The van der Waals surface area contributed by atoms with Crippen LogP contribution in [0.15, 0.2) is 36.4 Å². The molecule has 0 spiro atoms. The maximum absolute atomic E-state index is 10.2. The second-order valence-electron chi connectivity index (χ2n) is 12.3. The molecule has 0 aliphatic carbocycles. The summed E-state index contributed by atoms with van der Waals surface area (Å²) in [5.74, 6) is 0.881. The summed E-state index contributed by atoms with van der Waals surface area (Å²) in [6.45, 7) is 26.6. The van der Waals surface area contributed by atoms with E-state index < -0.39 is 0 Å². The van der Waals surface area contributed by atoms with E-state index >= 15 is 0 Å². The molecule has 0 aliphatic rings. The second kappa shape index (κ2) is 11.2. The zero-order chi connectivity index (χ0) is 26.5. The third-order valence-electron chi connectivity index (χ3n) is 8.43. The van der Waals surface area contributed by atoms with Gasteiger partial charge in [0.25, 0.3) is 0 Å². The minimum Gasteiger partial charge on any atom is -0.508 e. The van der Waals surface area contributed by atoms with E-state index in [0.29, 0.717) is 11.5 Å². The van der Waals surface area contributed by atoms with Crippen LogP contribution in [-0.2, 0) is 21.7 Å². The van der Waals surface area contributed by atoms with Crippen molar-refractivity contribution in [3.05, 3.63) is 58.7 Å². The van der Waals surface area contributed by atoms with Crippen molar-refractivity contribution >= 4 is 0 Å². The van der Waals surface area contributed by atoms with E-state index in [9.17, 15) is 10.2 Å². The largest absolute Gasteiger partial charge is 0.508 e. The minimum atomic E-state index is 0.0209. The Balaban J connectivity index is 0.000000340. The number of hydrogen-bond donors (Lipinski definition) is 2. The summed E-state index contributed by atoms with van der Waals surface area (Å²) >= 11 is 0. The normalized spacial score (nSPS) is 12.8. The Labute approximate surface area is 210 Å². The average molecular weight is 469 g/mol. The Kier molecular flexibility index (Phi) is 9.89. The Morgan fingerprint density at radius 2 is 0.735 bits per heavy atom. The summed E-state index contributed by atoms with van der Waals surface area (Å²) in [5.41, 5.74) is 5.07. The molecule has 2 N–H and O–H groups in total. The number of hydrogen-bond acceptors (Lipinski definition) is 2. The van der Waals surface area contributed by atoms with Crippen LogP contribution in [-0.4, -0.2) is 10.2 Å². The summed E-state index contributed by atoms with van der Waals surface area (Å²) in [7, 11) is 0. The smallest absolute Gasteiger partial charge is 0.119 e. The molecule has 0 saturated heterocycles. The zero-order valence-corrected chi connectivity index (χ0v) is 24.2. The summed E-state index contributed by atoms with van der Waals surface area (Å²) in [4.78, 5) is 0. The molecule has 0 bridgehead atoms. The molecular formula is C32H52O2. The highest BCUT2D eigenvalue weighted by molar-refractivity contribution is 5.48. The molecule has 2 heteroatoms. The Morgan fingerprint density at radius 1 is 0.471 bits per heavy atom. The lowest BCUT2D eigenvalue weighted by Crippen LogP contribution is -2.25. The molecule has 2 aromatic rings. The van der Waals surface area contributed by atoms with Crippen LogP contribution >= 0.6 is 0 Å². The molecule has 0 heterocycles. The summed E-state index contributed by atoms with van der Waals surface area (Å²) in [6.07, 6.45) is 4.20. The van der Waals surface area contributed by atoms with Gasteiger partial charge in [-0.1, -0.05) is 107 Å². The Bertz CT molecular complexity index is 855. The van der Waals surface area contributed by atoms with Gasteiger partial charge in [-0.25, -0.2) is 0 Å². The number of phenols is 2. The standard InChI is InChI=1S/2C16H26O/c2*1-7-15(3,4)12-10-9-11-13(17)14(12)16(5,6)8-2/h2*9-11,17H,7-8H2,1-6H3. The van der Waals surface area contributed by atoms with Gasteiger partial charge in [0.2, 0.25) is 0 Å². The number of aromatic hydroxyl groups is 2. The van der Waals surface area contributed by atoms with Gasteiger partial charge < -0.3 is 10.2 Å². The predicted molar refractivity (Wildman–Crippen MR) is 149 cm³/mol. The van der Waals surface area contributed by atoms with Gasteiger partial charge in [-0.05, 0) is 70.6 Å². The molecule has 0 amide bonds. The third kappa shape index (κ3) is 6.58. The molecule has 2 rings (SSSR count). The van der Waals surface area contributed by atoms with E-state index in [1.807, 2.05) is 24.3 Å². The first-order chi connectivity index (χ1) is 15.5. The molecule has 0 unspecified atom stereocenters. The van der Waals surface area contributed by atoms with Crippen LogP contribution in [0.2, 0.25) is 0 Å². The fourth-order valence-electron chi connectivity index (χ4n) is 4.37. The topological polar surface area (TPSA) is 40.5 Å². The van der Waals surface area contributed by atoms with Crippen LogP contribution in [0.25, 0.3) is 0 Å². The van der Waals surface area contributed by atoms with Crippen molar-refractivity contribution in [2.45, 2.75) is 130 Å². The van der Waals surface area contributed by atoms with Gasteiger partial charge >= 0.3 is 0 Å². The van der Waals surface area contributed by atoms with Gasteiger partial charge in [-0.15, -0.1) is 0 Å². The van der Waals surface area contributed by atoms with Crippen molar-refractivity contribution in [1.29, 1.82) is 0 Å². The van der Waals surface area contributed by atoms with E-state index in [2.05, 4.69) is 95.2 Å². The highest BCUT2D eigenvalue weighted by Crippen LogP contribution is 2.43. The van der Waals surface area contributed by atoms with Crippen molar-refractivity contribution in [2.24, 2.45) is 0 Å². The summed E-state index contributed by atoms with van der Waals surface area (Å²) < 4.78 is 0. The van der Waals surface area contributed by atoms with Crippen LogP contribution < -0.4 is 0 Å². The summed E-state index contributed by atoms with van der Waals surface area (Å²) in [6, 6.07) is 11.9. The number of rotatable bonds is 8. The fourth-order valence-corrected chi connectivity index (χ4v) is 4.37. The quantitative estimate of drug-likeness (QED) is 0.405. The maximum atomic E-state index is 10.2. The average Bonchev–Trinajstić information content (AvgIpc) is 2.78. The van der Waals surface area contributed by atoms with Gasteiger partial charge in [-0.2, -0.15) is 0 Å². The molecule has 34 heavy (non-hydrogen) atoms. The maximum Gasteiger partial charge on any atom is 0.119 e. The van der Waals surface area contributed by atoms with Gasteiger partial charge in [-0.3, -0.25) is 0 Å². The van der Waals surface area contributed by atoms with Crippen LogP contribution in [0.4, 0.5) is 0 Å². The van der Waals surface area contributed by atoms with E-state index in [0.717, 1.165) is 36.8 Å². The van der Waals surface area contributed by atoms with Crippen molar-refractivity contribution in [3.63, 3.8) is 0 Å². The molecule has 0 aromatic heterocycles. The summed E-state index contributed by atoms with van der Waals surface area (Å²) in [5, 5.41) is 20.4. The zero-order valence-electron chi connectivity index (χ0n) is 24.2. The lowest BCUT2D eigenvalue weighted by atomic mass is 9.71. The van der Waals surface area contributed by atoms with Crippen molar-refractivity contribution < 1.29 is 10.2 Å². The van der Waals surface area contributed by atoms with E-state index in [-0.39, 0.29) is 21.7 Å². The highest BCUT2D eigenvalue weighted by atomic mass is 16.3. The van der Waals surface area contributed by atoms with Crippen LogP contribution in [0.3, 0.4) is 0 Å². The van der Waals surface area contributed by atoms with E-state index in [4.69, 9.17) is 0 Å². The first-order valence-corrected chi connectivity index (χ1v) is 13.2. The third-order valence-corrected chi connectivity index (χ3v) is 8.43. The molecule has 0 atom stereocenters. The van der Waals surface area contributed by atoms with E-state index in [1.165, 1.54) is 11.1 Å². The molecule has 2 aromatic carbocycles. The highest BCUT2D eigenvalue weighted by Gasteiger charge is 2.32. The van der Waals surface area contributed by atoms with Gasteiger partial charge in [0, 0.05) is 11.1 Å². The molecule has 192 valence electrons. The van der Waals surface area contributed by atoms with Crippen molar-refractivity contribution in [1.82, 2.24) is 0 Å². The lowest BCUT2D eigenvalue weighted by molar-refractivity contribution is 0.408. The Hall–Kier alpha value is -1.96. The molecule has 0 radical (unpaired) electrons. The van der Waals surface area contributed by atoms with Crippen LogP contribution in [0, 0.1) is 0 Å². The van der Waals surface area contributed by atoms with Crippen LogP contribution in [0.1, 0.15) is 131 Å². The molecule has 0 aliphatic heterocycles. The second-order valence-corrected chi connectivity index (χ2v) is 12.3. The first-order valence-electron chi connectivity index (χ1n) is 13.2. The van der Waals surface area contributed by atoms with Crippen molar-refractivity contribution in [2.75, 3.05) is 0 Å². The van der Waals surface area contributed by atoms with Crippen LogP contribution in [0.5, 0.6) is 11.5 Å². The first kappa shape index (κ1) is 30.1.